The van der Waals surface area contributed by atoms with Gasteiger partial charge in [-0.05, 0) is 18.1 Å². The van der Waals surface area contributed by atoms with E-state index in [0.717, 1.165) is 0 Å². The maximum Gasteiger partial charge on any atom is 0.156 e. The monoisotopic (exact) mass is 262 g/mol. The number of ether oxygens (including phenoxy) is 1. The van der Waals surface area contributed by atoms with E-state index in [1.165, 1.54) is 0 Å². The van der Waals surface area contributed by atoms with Gasteiger partial charge in [0.05, 0.1) is 22.8 Å². The minimum atomic E-state index is -0.360. The van der Waals surface area contributed by atoms with Crippen molar-refractivity contribution in [3.8, 4) is 5.75 Å². The zero-order chi connectivity index (χ0) is 12.1. The molecule has 0 fully saturated rings. The summed E-state index contributed by atoms with van der Waals surface area (Å²) < 4.78 is 5.46. The lowest BCUT2D eigenvalue weighted by atomic mass is 10.1. The van der Waals surface area contributed by atoms with Gasteiger partial charge in [0.25, 0.3) is 0 Å². The Morgan fingerprint density at radius 3 is 2.31 bits per heavy atom. The van der Waals surface area contributed by atoms with E-state index in [4.69, 9.17) is 27.9 Å². The molecule has 0 saturated heterocycles. The predicted octanol–water partition coefficient (Wildman–Crippen LogP) is 3.78. The Balaban J connectivity index is 2.49. The summed E-state index contributed by atoms with van der Waals surface area (Å²) in [6.45, 7) is 4.34. The first-order valence-corrected chi connectivity index (χ1v) is 6.03. The Hall–Kier alpha value is -0.440. The molecule has 0 bridgehead atoms. The van der Waals surface area contributed by atoms with E-state index >= 15 is 0 Å². The van der Waals surface area contributed by atoms with Crippen molar-refractivity contribution in [2.75, 3.05) is 6.61 Å². The highest BCUT2D eigenvalue weighted by molar-refractivity contribution is 6.37. The summed E-state index contributed by atoms with van der Waals surface area (Å²) in [6.07, 6.45) is 0.209. The first-order chi connectivity index (χ1) is 7.52. The van der Waals surface area contributed by atoms with Gasteiger partial charge in [0, 0.05) is 6.42 Å². The average Bonchev–Trinajstić information content (AvgIpc) is 2.22. The number of aliphatic hydroxyl groups is 1. The van der Waals surface area contributed by atoms with E-state index in [2.05, 4.69) is 0 Å². The molecule has 1 atom stereocenters. The zero-order valence-corrected chi connectivity index (χ0v) is 10.9. The fourth-order valence-corrected chi connectivity index (χ4v) is 1.74. The van der Waals surface area contributed by atoms with Gasteiger partial charge in [0.1, 0.15) is 0 Å². The van der Waals surface area contributed by atoms with Crippen LogP contribution in [0.25, 0.3) is 0 Å². The van der Waals surface area contributed by atoms with Crippen LogP contribution in [-0.2, 0) is 0 Å². The molecule has 1 N–H and O–H groups in total. The molecular weight excluding hydrogens is 247 g/mol. The predicted molar refractivity (Wildman–Crippen MR) is 67.4 cm³/mol. The number of halogens is 2. The zero-order valence-electron chi connectivity index (χ0n) is 9.41. The molecular formula is C12H16Cl2O2. The Bertz CT molecular complexity index is 320. The van der Waals surface area contributed by atoms with Crippen LogP contribution in [0.4, 0.5) is 0 Å². The first-order valence-electron chi connectivity index (χ1n) is 5.27. The highest BCUT2D eigenvalue weighted by Crippen LogP contribution is 2.32. The fourth-order valence-electron chi connectivity index (χ4n) is 1.24. The summed E-state index contributed by atoms with van der Waals surface area (Å²) in [5.74, 6) is 0.715. The molecule has 0 aromatic heterocycles. The Kier molecular flexibility index (Phi) is 5.39. The van der Waals surface area contributed by atoms with E-state index in [1.807, 2.05) is 13.8 Å². The molecule has 16 heavy (non-hydrogen) atoms. The molecule has 1 rings (SSSR count). The Morgan fingerprint density at radius 1 is 1.25 bits per heavy atom. The van der Waals surface area contributed by atoms with E-state index in [1.54, 1.807) is 18.2 Å². The second-order valence-electron chi connectivity index (χ2n) is 4.00. The summed E-state index contributed by atoms with van der Waals surface area (Å²) in [7, 11) is 0. The van der Waals surface area contributed by atoms with Gasteiger partial charge in [-0.3, -0.25) is 0 Å². The van der Waals surface area contributed by atoms with Crippen LogP contribution in [0.2, 0.25) is 10.0 Å². The van der Waals surface area contributed by atoms with Crippen LogP contribution < -0.4 is 4.74 Å². The highest BCUT2D eigenvalue weighted by Gasteiger charge is 2.11. The molecule has 1 unspecified atom stereocenters. The van der Waals surface area contributed by atoms with Crippen molar-refractivity contribution < 1.29 is 9.84 Å². The van der Waals surface area contributed by atoms with Crippen molar-refractivity contribution in [2.45, 2.75) is 26.4 Å². The lowest BCUT2D eigenvalue weighted by Gasteiger charge is -2.15. The van der Waals surface area contributed by atoms with Crippen LogP contribution >= 0.6 is 23.2 Å². The van der Waals surface area contributed by atoms with Gasteiger partial charge in [0.15, 0.2) is 5.75 Å². The maximum absolute atomic E-state index is 9.60. The Morgan fingerprint density at radius 2 is 1.81 bits per heavy atom. The second kappa shape index (κ2) is 6.33. The largest absolute Gasteiger partial charge is 0.490 e. The molecule has 0 saturated carbocycles. The standard InChI is InChI=1S/C12H16Cl2O2/c1-8(2)11(15)6-7-16-12-9(13)4-3-5-10(12)14/h3-5,8,11,15H,6-7H2,1-2H3. The first kappa shape index (κ1) is 13.6. The summed E-state index contributed by atoms with van der Waals surface area (Å²) in [4.78, 5) is 0. The van der Waals surface area contributed by atoms with Gasteiger partial charge in [-0.25, -0.2) is 0 Å². The minimum Gasteiger partial charge on any atom is -0.490 e. The van der Waals surface area contributed by atoms with Gasteiger partial charge in [-0.15, -0.1) is 0 Å². The molecule has 1 aromatic rings. The molecule has 0 heterocycles. The van der Waals surface area contributed by atoms with Crippen LogP contribution in [0.5, 0.6) is 5.75 Å². The van der Waals surface area contributed by atoms with Gasteiger partial charge in [0.2, 0.25) is 0 Å². The molecule has 2 nitrogen and oxygen atoms in total. The summed E-state index contributed by atoms with van der Waals surface area (Å²) in [6, 6.07) is 5.21. The highest BCUT2D eigenvalue weighted by atomic mass is 35.5. The van der Waals surface area contributed by atoms with Gasteiger partial charge in [-0.1, -0.05) is 43.1 Å². The van der Waals surface area contributed by atoms with Crippen molar-refractivity contribution in [1.29, 1.82) is 0 Å². The third kappa shape index (κ3) is 3.85. The molecule has 4 heteroatoms. The number of rotatable bonds is 5. The van der Waals surface area contributed by atoms with E-state index in [9.17, 15) is 5.11 Å². The van der Waals surface area contributed by atoms with E-state index < -0.39 is 0 Å². The average molecular weight is 263 g/mol. The number of hydrogen-bond donors (Lipinski definition) is 1. The molecule has 1 aromatic carbocycles. The van der Waals surface area contributed by atoms with Crippen molar-refractivity contribution in [3.05, 3.63) is 28.2 Å². The van der Waals surface area contributed by atoms with Crippen molar-refractivity contribution in [1.82, 2.24) is 0 Å². The number of aliphatic hydroxyl groups excluding tert-OH is 1. The topological polar surface area (TPSA) is 29.5 Å². The summed E-state index contributed by atoms with van der Waals surface area (Å²) in [5, 5.41) is 10.6. The van der Waals surface area contributed by atoms with Crippen LogP contribution in [0.1, 0.15) is 20.3 Å². The summed E-state index contributed by atoms with van der Waals surface area (Å²) in [5.41, 5.74) is 0. The van der Waals surface area contributed by atoms with Crippen LogP contribution in [-0.4, -0.2) is 17.8 Å². The van der Waals surface area contributed by atoms with Crippen LogP contribution in [0.15, 0.2) is 18.2 Å². The number of hydrogen-bond acceptors (Lipinski definition) is 2. The van der Waals surface area contributed by atoms with Gasteiger partial charge < -0.3 is 9.84 Å². The third-order valence-corrected chi connectivity index (χ3v) is 2.94. The normalized spacial score (nSPS) is 12.9. The number of para-hydroxylation sites is 1. The Labute approximate surface area is 106 Å². The molecule has 0 aliphatic rings. The quantitative estimate of drug-likeness (QED) is 0.876. The smallest absolute Gasteiger partial charge is 0.156 e. The van der Waals surface area contributed by atoms with Crippen molar-refractivity contribution in [3.63, 3.8) is 0 Å². The van der Waals surface area contributed by atoms with Crippen molar-refractivity contribution in [2.24, 2.45) is 5.92 Å². The lowest BCUT2D eigenvalue weighted by Crippen LogP contribution is -2.18. The molecule has 0 aliphatic heterocycles. The van der Waals surface area contributed by atoms with Gasteiger partial charge in [-0.2, -0.15) is 0 Å². The molecule has 0 amide bonds. The van der Waals surface area contributed by atoms with E-state index in [-0.39, 0.29) is 12.0 Å². The number of benzene rings is 1. The van der Waals surface area contributed by atoms with E-state index in [0.29, 0.717) is 28.8 Å². The fraction of sp³-hybridized carbons (Fsp3) is 0.500. The maximum atomic E-state index is 9.60. The van der Waals surface area contributed by atoms with Crippen LogP contribution in [0.3, 0.4) is 0 Å². The second-order valence-corrected chi connectivity index (χ2v) is 4.81. The minimum absolute atomic E-state index is 0.227. The SMILES string of the molecule is CC(C)C(O)CCOc1c(Cl)cccc1Cl. The lowest BCUT2D eigenvalue weighted by molar-refractivity contribution is 0.0977. The van der Waals surface area contributed by atoms with Crippen molar-refractivity contribution >= 4 is 23.2 Å². The molecule has 0 aliphatic carbocycles. The van der Waals surface area contributed by atoms with Crippen LogP contribution in [0, 0.1) is 5.92 Å². The third-order valence-electron chi connectivity index (χ3n) is 2.35. The molecule has 90 valence electrons. The van der Waals surface area contributed by atoms with Gasteiger partial charge >= 0.3 is 0 Å². The molecule has 0 radical (unpaired) electrons. The molecule has 0 spiro atoms. The summed E-state index contributed by atoms with van der Waals surface area (Å²) >= 11 is 11.9.